The van der Waals surface area contributed by atoms with E-state index in [-0.39, 0.29) is 11.5 Å². The number of aromatic nitrogens is 1. The van der Waals surface area contributed by atoms with Gasteiger partial charge in [0.1, 0.15) is 11.5 Å². The number of benzene rings is 1. The summed E-state index contributed by atoms with van der Waals surface area (Å²) in [4.78, 5) is 6.23. The standard InChI is InChI=1S/C23H23N3O4S/c27-25-22-4-2-17-13-18(1-3-20(17)22)21-14-19(15-26-9-11-31(28,29)12-10-26)30-23(21)16-5-7-24-8-6-16/h1,3,5-8,13-14,27H,2,4,9-12,15H2/b25-22+. The zero-order valence-corrected chi connectivity index (χ0v) is 17.8. The van der Waals surface area contributed by atoms with Crippen molar-refractivity contribution in [3.63, 3.8) is 0 Å². The number of fused-ring (bicyclic) bond motifs is 1. The number of aryl methyl sites for hydroxylation is 1. The number of hydrogen-bond donors (Lipinski definition) is 1. The molecular weight excluding hydrogens is 414 g/mol. The van der Waals surface area contributed by atoms with Crippen molar-refractivity contribution in [3.05, 3.63) is 65.7 Å². The second kappa shape index (κ2) is 7.94. The Bertz CT molecular complexity index is 1240. The molecule has 1 aromatic carbocycles. The van der Waals surface area contributed by atoms with E-state index in [1.165, 1.54) is 0 Å². The first-order chi connectivity index (χ1) is 15.0. The van der Waals surface area contributed by atoms with E-state index < -0.39 is 9.84 Å². The van der Waals surface area contributed by atoms with Crippen LogP contribution in [0.15, 0.2) is 58.4 Å². The van der Waals surface area contributed by atoms with Crippen LogP contribution in [0.5, 0.6) is 0 Å². The number of rotatable bonds is 4. The van der Waals surface area contributed by atoms with Gasteiger partial charge in [-0.05, 0) is 42.2 Å². The van der Waals surface area contributed by atoms with E-state index in [9.17, 15) is 13.6 Å². The van der Waals surface area contributed by atoms with Crippen molar-refractivity contribution in [2.75, 3.05) is 24.6 Å². The summed E-state index contributed by atoms with van der Waals surface area (Å²) in [6, 6.07) is 12.1. The molecule has 1 N–H and O–H groups in total. The third-order valence-corrected chi connectivity index (χ3v) is 7.63. The molecule has 7 nitrogen and oxygen atoms in total. The van der Waals surface area contributed by atoms with E-state index in [2.05, 4.69) is 27.2 Å². The van der Waals surface area contributed by atoms with Gasteiger partial charge >= 0.3 is 0 Å². The first-order valence-electron chi connectivity index (χ1n) is 10.3. The number of hydrogen-bond acceptors (Lipinski definition) is 7. The fraction of sp³-hybridized carbons (Fsp3) is 0.304. The van der Waals surface area contributed by atoms with Crippen molar-refractivity contribution in [1.82, 2.24) is 9.88 Å². The lowest BCUT2D eigenvalue weighted by Gasteiger charge is -2.25. The zero-order chi connectivity index (χ0) is 21.4. The Morgan fingerprint density at radius 2 is 1.77 bits per heavy atom. The molecule has 0 saturated carbocycles. The van der Waals surface area contributed by atoms with Crippen molar-refractivity contribution in [2.24, 2.45) is 5.16 Å². The van der Waals surface area contributed by atoms with Crippen LogP contribution in [0.1, 0.15) is 23.3 Å². The molecule has 1 aliphatic heterocycles. The predicted molar refractivity (Wildman–Crippen MR) is 118 cm³/mol. The average molecular weight is 438 g/mol. The van der Waals surface area contributed by atoms with Gasteiger partial charge in [0.15, 0.2) is 9.84 Å². The molecule has 1 fully saturated rings. The Kier molecular flexibility index (Phi) is 5.11. The van der Waals surface area contributed by atoms with Crippen LogP contribution in [0.4, 0.5) is 0 Å². The minimum Gasteiger partial charge on any atom is -0.459 e. The van der Waals surface area contributed by atoms with E-state index in [0.29, 0.717) is 19.6 Å². The molecule has 0 bridgehead atoms. The van der Waals surface area contributed by atoms with Crippen LogP contribution in [-0.4, -0.2) is 53.8 Å². The quantitative estimate of drug-likeness (QED) is 0.497. The molecule has 1 saturated heterocycles. The highest BCUT2D eigenvalue weighted by atomic mass is 32.2. The molecule has 2 aliphatic rings. The van der Waals surface area contributed by atoms with Gasteiger partial charge in [-0.2, -0.15) is 0 Å². The van der Waals surface area contributed by atoms with Crippen LogP contribution in [0, 0.1) is 0 Å². The van der Waals surface area contributed by atoms with Crippen molar-refractivity contribution >= 4 is 15.5 Å². The molecule has 31 heavy (non-hydrogen) atoms. The summed E-state index contributed by atoms with van der Waals surface area (Å²) in [7, 11) is -2.92. The summed E-state index contributed by atoms with van der Waals surface area (Å²) < 4.78 is 29.8. The largest absolute Gasteiger partial charge is 0.459 e. The highest BCUT2D eigenvalue weighted by Gasteiger charge is 2.24. The van der Waals surface area contributed by atoms with Gasteiger partial charge in [0, 0.05) is 42.2 Å². The molecule has 0 unspecified atom stereocenters. The molecule has 1 aliphatic carbocycles. The lowest BCUT2D eigenvalue weighted by atomic mass is 9.98. The second-order valence-electron chi connectivity index (χ2n) is 8.04. The smallest absolute Gasteiger partial charge is 0.152 e. The van der Waals surface area contributed by atoms with Crippen molar-refractivity contribution in [1.29, 1.82) is 0 Å². The Labute approximate surface area is 180 Å². The highest BCUT2D eigenvalue weighted by molar-refractivity contribution is 7.91. The summed E-state index contributed by atoms with van der Waals surface area (Å²) in [5.41, 5.74) is 5.85. The first-order valence-corrected chi connectivity index (χ1v) is 12.1. The lowest BCUT2D eigenvalue weighted by molar-refractivity contribution is 0.263. The molecule has 0 radical (unpaired) electrons. The van der Waals surface area contributed by atoms with Crippen molar-refractivity contribution in [3.8, 4) is 22.5 Å². The van der Waals surface area contributed by atoms with Crippen LogP contribution in [-0.2, 0) is 22.8 Å². The maximum atomic E-state index is 11.7. The van der Waals surface area contributed by atoms with Crippen LogP contribution < -0.4 is 0 Å². The fourth-order valence-electron chi connectivity index (χ4n) is 4.32. The van der Waals surface area contributed by atoms with Gasteiger partial charge in [-0.1, -0.05) is 23.4 Å². The topological polar surface area (TPSA) is 96.0 Å². The van der Waals surface area contributed by atoms with E-state index in [4.69, 9.17) is 4.42 Å². The number of nitrogens with zero attached hydrogens (tertiary/aromatic N) is 3. The van der Waals surface area contributed by atoms with Gasteiger partial charge in [-0.15, -0.1) is 0 Å². The highest BCUT2D eigenvalue weighted by Crippen LogP contribution is 2.37. The molecule has 160 valence electrons. The molecule has 0 amide bonds. The number of pyridine rings is 1. The molecule has 0 spiro atoms. The maximum Gasteiger partial charge on any atom is 0.152 e. The minimum absolute atomic E-state index is 0.192. The van der Waals surface area contributed by atoms with Gasteiger partial charge < -0.3 is 9.62 Å². The zero-order valence-electron chi connectivity index (χ0n) is 17.0. The van der Waals surface area contributed by atoms with E-state index in [1.54, 1.807) is 12.4 Å². The SMILES string of the molecule is O=S1(=O)CCN(Cc2cc(-c3ccc4c(c3)CC/C4=N\O)c(-c3ccncc3)o2)CC1. The minimum atomic E-state index is -2.92. The summed E-state index contributed by atoms with van der Waals surface area (Å²) in [5, 5.41) is 12.6. The van der Waals surface area contributed by atoms with E-state index in [1.807, 2.05) is 24.3 Å². The summed E-state index contributed by atoms with van der Waals surface area (Å²) in [5.74, 6) is 1.96. The van der Waals surface area contributed by atoms with Crippen molar-refractivity contribution in [2.45, 2.75) is 19.4 Å². The third-order valence-electron chi connectivity index (χ3n) is 6.02. The monoisotopic (exact) mass is 437 g/mol. The van der Waals surface area contributed by atoms with Gasteiger partial charge in [-0.3, -0.25) is 9.88 Å². The lowest BCUT2D eigenvalue weighted by Crippen LogP contribution is -2.39. The number of sulfone groups is 1. The molecular formula is C23H23N3O4S. The summed E-state index contributed by atoms with van der Waals surface area (Å²) in [6.45, 7) is 1.61. The maximum absolute atomic E-state index is 11.7. The first kappa shape index (κ1) is 20.0. The number of oxime groups is 1. The Morgan fingerprint density at radius 3 is 2.52 bits per heavy atom. The van der Waals surface area contributed by atoms with Gasteiger partial charge in [0.05, 0.1) is 23.8 Å². The van der Waals surface area contributed by atoms with Crippen molar-refractivity contribution < 1.29 is 18.0 Å². The van der Waals surface area contributed by atoms with E-state index >= 15 is 0 Å². The fourth-order valence-corrected chi connectivity index (χ4v) is 5.60. The van der Waals surface area contributed by atoms with Gasteiger partial charge in [-0.25, -0.2) is 8.42 Å². The van der Waals surface area contributed by atoms with Crippen LogP contribution in [0.25, 0.3) is 22.5 Å². The van der Waals surface area contributed by atoms with Gasteiger partial charge in [0.2, 0.25) is 0 Å². The molecule has 3 heterocycles. The predicted octanol–water partition coefficient (Wildman–Crippen LogP) is 3.36. The second-order valence-corrected chi connectivity index (χ2v) is 10.3. The summed E-state index contributed by atoms with van der Waals surface area (Å²) in [6.07, 6.45) is 5.06. The molecule has 0 atom stereocenters. The van der Waals surface area contributed by atoms with E-state index in [0.717, 1.165) is 57.9 Å². The molecule has 2 aromatic heterocycles. The Balaban J connectivity index is 1.51. The summed E-state index contributed by atoms with van der Waals surface area (Å²) >= 11 is 0. The average Bonchev–Trinajstić information content (AvgIpc) is 3.39. The molecule has 8 heteroatoms. The van der Waals surface area contributed by atoms with Crippen LogP contribution >= 0.6 is 0 Å². The Morgan fingerprint density at radius 1 is 1.00 bits per heavy atom. The normalized spacial score (nSPS) is 19.5. The number of furan rings is 1. The Hall–Kier alpha value is -2.97. The van der Waals surface area contributed by atoms with Gasteiger partial charge in [0.25, 0.3) is 0 Å². The van der Waals surface area contributed by atoms with Crippen LogP contribution in [0.3, 0.4) is 0 Å². The molecule has 5 rings (SSSR count). The third kappa shape index (κ3) is 4.00. The molecule has 3 aromatic rings. The van der Waals surface area contributed by atoms with Crippen LogP contribution in [0.2, 0.25) is 0 Å².